The summed E-state index contributed by atoms with van der Waals surface area (Å²) in [6.45, 7) is 2.22. The Morgan fingerprint density at radius 3 is 2.56 bits per heavy atom. The van der Waals surface area contributed by atoms with Crippen molar-refractivity contribution in [3.05, 3.63) is 10.3 Å². The summed E-state index contributed by atoms with van der Waals surface area (Å²) >= 11 is 3.37. The van der Waals surface area contributed by atoms with Gasteiger partial charge in [0.25, 0.3) is 0 Å². The Morgan fingerprint density at radius 2 is 2.12 bits per heavy atom. The van der Waals surface area contributed by atoms with Gasteiger partial charge >= 0.3 is 0 Å². The molecule has 0 saturated heterocycles. The van der Waals surface area contributed by atoms with Crippen LogP contribution >= 0.6 is 15.9 Å². The van der Waals surface area contributed by atoms with Gasteiger partial charge in [0.1, 0.15) is 11.3 Å². The molecule has 0 bridgehead atoms. The molecule has 0 amide bonds. The quantitative estimate of drug-likeness (QED) is 0.909. The third kappa shape index (κ3) is 2.02. The van der Waals surface area contributed by atoms with Gasteiger partial charge < -0.3 is 5.11 Å². The Hall–Kier alpha value is -0.420. The van der Waals surface area contributed by atoms with E-state index in [1.807, 2.05) is 7.05 Å². The monoisotopic (exact) mass is 287 g/mol. The van der Waals surface area contributed by atoms with Crippen molar-refractivity contribution in [2.45, 2.75) is 44.6 Å². The maximum atomic E-state index is 10.7. The largest absolute Gasteiger partial charge is 0.383 e. The second-order valence-electron chi connectivity index (χ2n) is 4.74. The van der Waals surface area contributed by atoms with Crippen molar-refractivity contribution >= 4 is 15.9 Å². The molecule has 1 aromatic rings. The number of aliphatic hydroxyl groups is 1. The molecule has 1 aliphatic rings. The minimum Gasteiger partial charge on any atom is -0.383 e. The predicted molar refractivity (Wildman–Crippen MR) is 64.8 cm³/mol. The van der Waals surface area contributed by atoms with Crippen molar-refractivity contribution in [1.29, 1.82) is 0 Å². The van der Waals surface area contributed by atoms with Crippen LogP contribution in [0.2, 0.25) is 0 Å². The fraction of sp³-hybridized carbons (Fsp3) is 0.818. The van der Waals surface area contributed by atoms with Gasteiger partial charge in [-0.2, -0.15) is 0 Å². The van der Waals surface area contributed by atoms with Crippen LogP contribution in [0, 0.1) is 5.92 Å². The molecular formula is C11H18BrN3O. The lowest BCUT2D eigenvalue weighted by atomic mass is 9.76. The first kappa shape index (κ1) is 12.0. The molecule has 0 radical (unpaired) electrons. The van der Waals surface area contributed by atoms with Crippen LogP contribution in [0.15, 0.2) is 4.60 Å². The van der Waals surface area contributed by atoms with Crippen molar-refractivity contribution < 1.29 is 5.11 Å². The van der Waals surface area contributed by atoms with E-state index in [0.717, 1.165) is 37.3 Å². The molecule has 90 valence electrons. The van der Waals surface area contributed by atoms with Crippen LogP contribution < -0.4 is 0 Å². The zero-order valence-electron chi connectivity index (χ0n) is 9.78. The number of hydrogen-bond donors (Lipinski definition) is 1. The van der Waals surface area contributed by atoms with Gasteiger partial charge in [-0.25, -0.2) is 4.68 Å². The molecule has 1 aromatic heterocycles. The minimum atomic E-state index is -0.747. The summed E-state index contributed by atoms with van der Waals surface area (Å²) in [4.78, 5) is 0. The number of hydrogen-bond acceptors (Lipinski definition) is 3. The number of rotatable bonds is 2. The van der Waals surface area contributed by atoms with Crippen molar-refractivity contribution in [3.8, 4) is 0 Å². The molecule has 5 heteroatoms. The molecule has 0 atom stereocenters. The van der Waals surface area contributed by atoms with Crippen molar-refractivity contribution in [2.24, 2.45) is 13.0 Å². The van der Waals surface area contributed by atoms with Gasteiger partial charge in [0.05, 0.1) is 0 Å². The van der Waals surface area contributed by atoms with Gasteiger partial charge in [-0.15, -0.1) is 5.10 Å². The first-order valence-electron chi connectivity index (χ1n) is 5.85. The van der Waals surface area contributed by atoms with Crippen LogP contribution in [0.3, 0.4) is 0 Å². The fourth-order valence-corrected chi connectivity index (χ4v) is 3.32. The topological polar surface area (TPSA) is 50.9 Å². The number of nitrogens with zero attached hydrogens (tertiary/aromatic N) is 3. The fourth-order valence-electron chi connectivity index (χ4n) is 2.63. The van der Waals surface area contributed by atoms with E-state index in [-0.39, 0.29) is 0 Å². The van der Waals surface area contributed by atoms with Crippen LogP contribution in [0.4, 0.5) is 0 Å². The van der Waals surface area contributed by atoms with E-state index in [2.05, 4.69) is 33.2 Å². The van der Waals surface area contributed by atoms with Crippen LogP contribution in [-0.4, -0.2) is 20.1 Å². The molecule has 0 unspecified atom stereocenters. The highest BCUT2D eigenvalue weighted by Crippen LogP contribution is 2.41. The summed E-state index contributed by atoms with van der Waals surface area (Å²) in [5.74, 6) is 0.764. The zero-order valence-corrected chi connectivity index (χ0v) is 11.4. The summed E-state index contributed by atoms with van der Waals surface area (Å²) in [6, 6.07) is 0. The highest BCUT2D eigenvalue weighted by Gasteiger charge is 2.38. The van der Waals surface area contributed by atoms with Gasteiger partial charge in [0, 0.05) is 7.05 Å². The third-order valence-corrected chi connectivity index (χ3v) is 4.27. The summed E-state index contributed by atoms with van der Waals surface area (Å²) in [7, 11) is 1.83. The normalized spacial score (nSPS) is 30.6. The number of halogens is 1. The van der Waals surface area contributed by atoms with E-state index in [9.17, 15) is 5.11 Å². The summed E-state index contributed by atoms with van der Waals surface area (Å²) in [6.07, 6.45) is 5.01. The van der Waals surface area contributed by atoms with Crippen LogP contribution in [-0.2, 0) is 12.6 Å². The Balaban J connectivity index is 2.21. The van der Waals surface area contributed by atoms with E-state index >= 15 is 0 Å². The van der Waals surface area contributed by atoms with E-state index < -0.39 is 5.60 Å². The molecule has 1 N–H and O–H groups in total. The van der Waals surface area contributed by atoms with Crippen molar-refractivity contribution in [3.63, 3.8) is 0 Å². The van der Waals surface area contributed by atoms with Crippen molar-refractivity contribution in [1.82, 2.24) is 15.0 Å². The van der Waals surface area contributed by atoms with Gasteiger partial charge in [-0.3, -0.25) is 0 Å². The molecule has 2 rings (SSSR count). The molecule has 1 aliphatic carbocycles. The second-order valence-corrected chi connectivity index (χ2v) is 5.49. The highest BCUT2D eigenvalue weighted by atomic mass is 79.9. The molecule has 0 spiro atoms. The maximum absolute atomic E-state index is 10.7. The first-order valence-corrected chi connectivity index (χ1v) is 6.64. The van der Waals surface area contributed by atoms with E-state index in [1.165, 1.54) is 6.42 Å². The van der Waals surface area contributed by atoms with Crippen molar-refractivity contribution in [2.75, 3.05) is 0 Å². The summed E-state index contributed by atoms with van der Waals surface area (Å²) in [5, 5.41) is 18.6. The summed E-state index contributed by atoms with van der Waals surface area (Å²) in [5.41, 5.74) is 0.0741. The third-order valence-electron chi connectivity index (χ3n) is 3.74. The Kier molecular flexibility index (Phi) is 3.35. The molecule has 0 aromatic carbocycles. The molecular weight excluding hydrogens is 270 g/mol. The number of aryl methyl sites for hydroxylation is 1. The van der Waals surface area contributed by atoms with E-state index in [4.69, 9.17) is 0 Å². The lowest BCUT2D eigenvalue weighted by Gasteiger charge is -2.35. The number of aromatic nitrogens is 3. The Morgan fingerprint density at radius 1 is 1.50 bits per heavy atom. The maximum Gasteiger partial charge on any atom is 0.154 e. The molecule has 1 saturated carbocycles. The molecule has 4 nitrogen and oxygen atoms in total. The average molecular weight is 288 g/mol. The first-order chi connectivity index (χ1) is 7.57. The Labute approximate surface area is 104 Å². The standard InChI is InChI=1S/C11H18BrN3O/c1-3-8-4-6-11(16,7-5-8)9-10(12)13-14-15(9)2/h8,16H,3-7H2,1-2H3. The van der Waals surface area contributed by atoms with Gasteiger partial charge in [-0.05, 0) is 47.5 Å². The molecule has 1 fully saturated rings. The SMILES string of the molecule is CCC1CCC(O)(c2c(Br)nnn2C)CC1. The lowest BCUT2D eigenvalue weighted by Crippen LogP contribution is -2.33. The average Bonchev–Trinajstić information content (AvgIpc) is 2.60. The van der Waals surface area contributed by atoms with Crippen LogP contribution in [0.5, 0.6) is 0 Å². The summed E-state index contributed by atoms with van der Waals surface area (Å²) < 4.78 is 2.35. The van der Waals surface area contributed by atoms with E-state index in [1.54, 1.807) is 4.68 Å². The highest BCUT2D eigenvalue weighted by molar-refractivity contribution is 9.10. The van der Waals surface area contributed by atoms with Gasteiger partial charge in [0.2, 0.25) is 0 Å². The smallest absolute Gasteiger partial charge is 0.154 e. The zero-order chi connectivity index (χ0) is 11.8. The molecule has 1 heterocycles. The van der Waals surface area contributed by atoms with Crippen LogP contribution in [0.25, 0.3) is 0 Å². The van der Waals surface area contributed by atoms with Crippen LogP contribution in [0.1, 0.15) is 44.7 Å². The second kappa shape index (κ2) is 4.45. The predicted octanol–water partition coefficient (Wildman–Crippen LogP) is 2.37. The van der Waals surface area contributed by atoms with Gasteiger partial charge in [-0.1, -0.05) is 18.6 Å². The Bertz CT molecular complexity index is 350. The van der Waals surface area contributed by atoms with E-state index in [0.29, 0.717) is 4.60 Å². The van der Waals surface area contributed by atoms with Gasteiger partial charge in [0.15, 0.2) is 4.60 Å². The lowest BCUT2D eigenvalue weighted by molar-refractivity contribution is -0.0219. The molecule has 16 heavy (non-hydrogen) atoms. The minimum absolute atomic E-state index is 0.674. The molecule has 0 aliphatic heterocycles.